The molecule has 0 saturated carbocycles. The lowest BCUT2D eigenvalue weighted by Gasteiger charge is -2.36. The largest absolute Gasteiger partial charge is 0.311 e. The van der Waals surface area contributed by atoms with E-state index >= 15 is 0 Å². The highest BCUT2D eigenvalue weighted by molar-refractivity contribution is 5.17. The molecular formula is C32H52N6. The number of hydrogen-bond acceptors (Lipinski definition) is 6. The molecule has 0 aliphatic carbocycles. The summed E-state index contributed by atoms with van der Waals surface area (Å²) in [6.45, 7) is 11.4. The van der Waals surface area contributed by atoms with E-state index in [0.29, 0.717) is 18.1 Å². The minimum absolute atomic E-state index is 0.475. The van der Waals surface area contributed by atoms with E-state index in [0.717, 1.165) is 45.6 Å². The summed E-state index contributed by atoms with van der Waals surface area (Å²) in [6.07, 6.45) is 4.80. The van der Waals surface area contributed by atoms with Gasteiger partial charge in [0.15, 0.2) is 0 Å². The molecule has 2 saturated heterocycles. The van der Waals surface area contributed by atoms with Crippen LogP contribution in [0.5, 0.6) is 0 Å². The first-order valence-corrected chi connectivity index (χ1v) is 14.9. The maximum Gasteiger partial charge on any atom is 0.0236 e. The van der Waals surface area contributed by atoms with Crippen molar-refractivity contribution in [1.82, 2.24) is 30.2 Å². The van der Waals surface area contributed by atoms with Gasteiger partial charge in [-0.05, 0) is 64.5 Å². The molecule has 0 aromatic heterocycles. The van der Waals surface area contributed by atoms with Crippen LogP contribution in [0.15, 0.2) is 60.7 Å². The number of nitrogens with zero attached hydrogens (tertiary/aromatic N) is 4. The molecule has 2 N–H and O–H groups in total. The lowest BCUT2D eigenvalue weighted by molar-refractivity contribution is 0.138. The van der Waals surface area contributed by atoms with Crippen molar-refractivity contribution in [2.75, 3.05) is 86.6 Å². The fourth-order valence-electron chi connectivity index (χ4n) is 5.99. The molecule has 2 aromatic rings. The van der Waals surface area contributed by atoms with Gasteiger partial charge in [-0.3, -0.25) is 9.80 Å². The van der Waals surface area contributed by atoms with E-state index in [2.05, 4.69) is 112 Å². The van der Waals surface area contributed by atoms with Crippen LogP contribution in [0.2, 0.25) is 0 Å². The summed E-state index contributed by atoms with van der Waals surface area (Å²) < 4.78 is 0. The van der Waals surface area contributed by atoms with E-state index in [4.69, 9.17) is 0 Å². The molecular weight excluding hydrogens is 468 g/mol. The van der Waals surface area contributed by atoms with Gasteiger partial charge in [0.2, 0.25) is 0 Å². The maximum absolute atomic E-state index is 4.06. The number of benzene rings is 2. The van der Waals surface area contributed by atoms with Crippen LogP contribution in [-0.4, -0.2) is 124 Å². The molecule has 2 heterocycles. The Hall–Kier alpha value is -1.80. The third kappa shape index (κ3) is 10.1. The van der Waals surface area contributed by atoms with Gasteiger partial charge in [-0.1, -0.05) is 60.7 Å². The third-order valence-electron chi connectivity index (χ3n) is 8.31. The van der Waals surface area contributed by atoms with Crippen molar-refractivity contribution < 1.29 is 0 Å². The van der Waals surface area contributed by atoms with Gasteiger partial charge in [0, 0.05) is 77.0 Å². The zero-order chi connectivity index (χ0) is 26.6. The minimum Gasteiger partial charge on any atom is -0.311 e. The second-order valence-electron chi connectivity index (χ2n) is 11.8. The van der Waals surface area contributed by atoms with Crippen LogP contribution in [0.4, 0.5) is 0 Å². The van der Waals surface area contributed by atoms with Gasteiger partial charge in [0.05, 0.1) is 0 Å². The molecule has 0 amide bonds. The second kappa shape index (κ2) is 15.7. The minimum atomic E-state index is 0.475. The van der Waals surface area contributed by atoms with Crippen LogP contribution >= 0.6 is 0 Å². The predicted octanol–water partition coefficient (Wildman–Crippen LogP) is 2.66. The van der Waals surface area contributed by atoms with Gasteiger partial charge in [-0.2, -0.15) is 0 Å². The Labute approximate surface area is 232 Å². The zero-order valence-electron chi connectivity index (χ0n) is 24.2. The van der Waals surface area contributed by atoms with Crippen molar-refractivity contribution in [2.45, 2.75) is 43.8 Å². The van der Waals surface area contributed by atoms with E-state index in [1.54, 1.807) is 0 Å². The van der Waals surface area contributed by atoms with Crippen molar-refractivity contribution in [1.29, 1.82) is 0 Å². The standard InChI is InChI=1S/C32H52N6/c1-35(2)18-16-33-31(24-29-13-8-5-9-14-29)27-38-17-10-15-32(38)25-34-30(23-28-11-6-4-7-12-28)26-37-21-19-36(3)20-22-37/h4-9,11-14,30-34H,10,15-27H2,1-3H3/t30-,31-,32-/m0/s1. The quantitative estimate of drug-likeness (QED) is 0.376. The summed E-state index contributed by atoms with van der Waals surface area (Å²) in [4.78, 5) is 10.1. The number of piperazine rings is 1. The van der Waals surface area contributed by atoms with Gasteiger partial charge in [-0.15, -0.1) is 0 Å². The maximum atomic E-state index is 4.06. The van der Waals surface area contributed by atoms with Gasteiger partial charge in [0.1, 0.15) is 0 Å². The first-order valence-electron chi connectivity index (χ1n) is 14.9. The van der Waals surface area contributed by atoms with Gasteiger partial charge in [-0.25, -0.2) is 0 Å². The smallest absolute Gasteiger partial charge is 0.0236 e. The third-order valence-corrected chi connectivity index (χ3v) is 8.31. The molecule has 2 aliphatic rings. The highest BCUT2D eigenvalue weighted by Gasteiger charge is 2.28. The normalized spacial score (nSPS) is 21.2. The lowest BCUT2D eigenvalue weighted by Crippen LogP contribution is -2.52. The Balaban J connectivity index is 1.34. The van der Waals surface area contributed by atoms with Gasteiger partial charge in [0.25, 0.3) is 0 Å². The van der Waals surface area contributed by atoms with Crippen molar-refractivity contribution >= 4 is 0 Å². The molecule has 3 atom stereocenters. The monoisotopic (exact) mass is 520 g/mol. The SMILES string of the molecule is CN(C)CCN[C@@H](Cc1ccccc1)CN1CCC[C@H]1CN[C@@H](Cc1ccccc1)CN1CCN(C)CC1. The van der Waals surface area contributed by atoms with Crippen LogP contribution in [-0.2, 0) is 12.8 Å². The second-order valence-corrected chi connectivity index (χ2v) is 11.8. The number of hydrogen-bond donors (Lipinski definition) is 2. The first-order chi connectivity index (χ1) is 18.5. The van der Waals surface area contributed by atoms with Crippen molar-refractivity contribution in [3.63, 3.8) is 0 Å². The Morgan fingerprint density at radius 3 is 2.00 bits per heavy atom. The molecule has 2 aliphatic heterocycles. The first kappa shape index (κ1) is 29.2. The van der Waals surface area contributed by atoms with Crippen LogP contribution in [0.1, 0.15) is 24.0 Å². The number of likely N-dealkylation sites (tertiary alicyclic amines) is 1. The molecule has 6 heteroatoms. The van der Waals surface area contributed by atoms with E-state index < -0.39 is 0 Å². The molecule has 4 rings (SSSR count). The zero-order valence-corrected chi connectivity index (χ0v) is 24.2. The van der Waals surface area contributed by atoms with Crippen LogP contribution in [0.3, 0.4) is 0 Å². The number of likely N-dealkylation sites (N-methyl/N-ethyl adjacent to an activating group) is 2. The summed E-state index contributed by atoms with van der Waals surface area (Å²) >= 11 is 0. The fraction of sp³-hybridized carbons (Fsp3) is 0.625. The topological polar surface area (TPSA) is 37.0 Å². The highest BCUT2D eigenvalue weighted by atomic mass is 15.3. The Kier molecular flexibility index (Phi) is 12.1. The molecule has 210 valence electrons. The molecule has 38 heavy (non-hydrogen) atoms. The van der Waals surface area contributed by atoms with Gasteiger partial charge < -0.3 is 20.4 Å². The molecule has 0 bridgehead atoms. The highest BCUT2D eigenvalue weighted by Crippen LogP contribution is 2.19. The molecule has 6 nitrogen and oxygen atoms in total. The lowest BCUT2D eigenvalue weighted by atomic mass is 10.0. The summed E-state index contributed by atoms with van der Waals surface area (Å²) in [7, 11) is 6.56. The summed E-state index contributed by atoms with van der Waals surface area (Å²) in [5.41, 5.74) is 2.87. The van der Waals surface area contributed by atoms with E-state index in [1.807, 2.05) is 0 Å². The van der Waals surface area contributed by atoms with Crippen LogP contribution in [0, 0.1) is 0 Å². The summed E-state index contributed by atoms with van der Waals surface area (Å²) in [6, 6.07) is 23.6. The summed E-state index contributed by atoms with van der Waals surface area (Å²) in [5, 5.41) is 7.94. The molecule has 0 spiro atoms. The summed E-state index contributed by atoms with van der Waals surface area (Å²) in [5.74, 6) is 0. The molecule has 0 radical (unpaired) electrons. The Morgan fingerprint density at radius 1 is 0.789 bits per heavy atom. The average molecular weight is 521 g/mol. The number of rotatable bonds is 15. The van der Waals surface area contributed by atoms with Crippen LogP contribution in [0.25, 0.3) is 0 Å². The number of nitrogens with one attached hydrogen (secondary N) is 2. The molecule has 0 unspecified atom stereocenters. The van der Waals surface area contributed by atoms with E-state index in [-0.39, 0.29) is 0 Å². The van der Waals surface area contributed by atoms with Crippen LogP contribution < -0.4 is 10.6 Å². The molecule has 2 fully saturated rings. The van der Waals surface area contributed by atoms with Crippen molar-refractivity contribution in [3.8, 4) is 0 Å². The molecule has 2 aromatic carbocycles. The van der Waals surface area contributed by atoms with Crippen molar-refractivity contribution in [3.05, 3.63) is 71.8 Å². The van der Waals surface area contributed by atoms with E-state index in [9.17, 15) is 0 Å². The fourth-order valence-corrected chi connectivity index (χ4v) is 5.99. The van der Waals surface area contributed by atoms with Crippen molar-refractivity contribution in [2.24, 2.45) is 0 Å². The van der Waals surface area contributed by atoms with E-state index in [1.165, 1.54) is 56.7 Å². The predicted molar refractivity (Wildman–Crippen MR) is 161 cm³/mol. The Bertz CT molecular complexity index is 883. The van der Waals surface area contributed by atoms with Gasteiger partial charge >= 0.3 is 0 Å². The Morgan fingerprint density at radius 2 is 1.39 bits per heavy atom. The average Bonchev–Trinajstić information content (AvgIpc) is 3.36.